The van der Waals surface area contributed by atoms with Gasteiger partial charge in [0.05, 0.1) is 12.2 Å². The van der Waals surface area contributed by atoms with Gasteiger partial charge in [-0.15, -0.1) is 0 Å². The van der Waals surface area contributed by atoms with Crippen LogP contribution in [0.1, 0.15) is 62.1 Å². The maximum absolute atomic E-state index is 12.3. The summed E-state index contributed by atoms with van der Waals surface area (Å²) in [4.78, 5) is 14.3. The van der Waals surface area contributed by atoms with Gasteiger partial charge in [-0.25, -0.2) is 0 Å². The first-order valence-electron chi connectivity index (χ1n) is 8.07. The molecule has 0 radical (unpaired) electrons. The lowest BCUT2D eigenvalue weighted by Gasteiger charge is -2.23. The average Bonchev–Trinajstić information content (AvgIpc) is 2.72. The molecule has 0 saturated carbocycles. The molecule has 1 aromatic heterocycles. The van der Waals surface area contributed by atoms with Crippen molar-refractivity contribution >= 4 is 5.91 Å². The number of aromatic nitrogens is 1. The molecule has 5 nitrogen and oxygen atoms in total. The minimum absolute atomic E-state index is 0.132. The molecule has 1 aromatic rings. The average molecular weight is 293 g/mol. The first-order valence-corrected chi connectivity index (χ1v) is 8.07. The van der Waals surface area contributed by atoms with Crippen molar-refractivity contribution in [2.45, 2.75) is 58.9 Å². The van der Waals surface area contributed by atoms with Gasteiger partial charge in [0.25, 0.3) is 0 Å². The normalized spacial score (nSPS) is 17.6. The number of likely N-dealkylation sites (tertiary alicyclic amines) is 1. The van der Waals surface area contributed by atoms with Crippen LogP contribution < -0.4 is 5.32 Å². The third-order valence-electron chi connectivity index (χ3n) is 4.30. The molecular formula is C16H27N3O2. The summed E-state index contributed by atoms with van der Waals surface area (Å²) in [5.41, 5.74) is 2.01. The van der Waals surface area contributed by atoms with Crippen LogP contribution in [-0.2, 0) is 4.79 Å². The van der Waals surface area contributed by atoms with Gasteiger partial charge in [0.15, 0.2) is 0 Å². The number of hydrogen-bond donors (Lipinski definition) is 1. The molecule has 1 N–H and O–H groups in total. The molecule has 1 fully saturated rings. The van der Waals surface area contributed by atoms with Gasteiger partial charge < -0.3 is 14.7 Å². The van der Waals surface area contributed by atoms with E-state index in [4.69, 9.17) is 4.52 Å². The molecule has 0 bridgehead atoms. The fourth-order valence-electron chi connectivity index (χ4n) is 3.08. The molecule has 21 heavy (non-hydrogen) atoms. The first kappa shape index (κ1) is 16.0. The number of rotatable bonds is 5. The monoisotopic (exact) mass is 293 g/mol. The summed E-state index contributed by atoms with van der Waals surface area (Å²) in [6.07, 6.45) is 5.66. The number of hydrogen-bond acceptors (Lipinski definition) is 4. The Morgan fingerprint density at radius 3 is 2.48 bits per heavy atom. The van der Waals surface area contributed by atoms with Crippen molar-refractivity contribution in [2.24, 2.45) is 0 Å². The van der Waals surface area contributed by atoms with Crippen LogP contribution in [0.3, 0.4) is 0 Å². The van der Waals surface area contributed by atoms with Gasteiger partial charge in [0.2, 0.25) is 5.91 Å². The largest absolute Gasteiger partial charge is 0.361 e. The van der Waals surface area contributed by atoms with E-state index in [1.807, 2.05) is 18.7 Å². The van der Waals surface area contributed by atoms with Crippen molar-refractivity contribution in [3.05, 3.63) is 17.0 Å². The molecule has 1 amide bonds. The molecule has 0 aromatic carbocycles. The van der Waals surface area contributed by atoms with Crippen molar-refractivity contribution in [1.29, 1.82) is 0 Å². The van der Waals surface area contributed by atoms with Crippen molar-refractivity contribution in [3.8, 4) is 0 Å². The zero-order chi connectivity index (χ0) is 15.2. The standard InChI is InChI=1S/C16H27N3O2/c1-4-14(16-12(2)18-21-13(16)3)17-11-15(20)19-9-7-5-6-8-10-19/h14,17H,4-11H2,1-3H3/t14-/m0/s1. The molecule has 1 saturated heterocycles. The van der Waals surface area contributed by atoms with E-state index in [2.05, 4.69) is 17.4 Å². The second kappa shape index (κ2) is 7.59. The van der Waals surface area contributed by atoms with E-state index in [1.165, 1.54) is 12.8 Å². The molecule has 0 spiro atoms. The molecule has 0 aliphatic carbocycles. The Hall–Kier alpha value is -1.36. The second-order valence-corrected chi connectivity index (χ2v) is 5.87. The van der Waals surface area contributed by atoms with Crippen LogP contribution in [0.2, 0.25) is 0 Å². The summed E-state index contributed by atoms with van der Waals surface area (Å²) >= 11 is 0. The molecular weight excluding hydrogens is 266 g/mol. The number of nitrogens with zero attached hydrogens (tertiary/aromatic N) is 2. The number of carbonyl (C=O) groups is 1. The Morgan fingerprint density at radius 2 is 1.95 bits per heavy atom. The predicted molar refractivity (Wildman–Crippen MR) is 82.1 cm³/mol. The molecule has 2 rings (SSSR count). The molecule has 1 aliphatic heterocycles. The van der Waals surface area contributed by atoms with E-state index in [0.717, 1.165) is 49.4 Å². The number of amides is 1. The van der Waals surface area contributed by atoms with Crippen LogP contribution in [0, 0.1) is 13.8 Å². The smallest absolute Gasteiger partial charge is 0.236 e. The van der Waals surface area contributed by atoms with E-state index in [-0.39, 0.29) is 11.9 Å². The third-order valence-corrected chi connectivity index (χ3v) is 4.30. The lowest BCUT2D eigenvalue weighted by atomic mass is 10.0. The number of aryl methyl sites for hydroxylation is 2. The quantitative estimate of drug-likeness (QED) is 0.907. The van der Waals surface area contributed by atoms with E-state index in [0.29, 0.717) is 6.54 Å². The molecule has 1 atom stereocenters. The molecule has 5 heteroatoms. The zero-order valence-electron chi connectivity index (χ0n) is 13.4. The van der Waals surface area contributed by atoms with Crippen molar-refractivity contribution in [1.82, 2.24) is 15.4 Å². The summed E-state index contributed by atoms with van der Waals surface area (Å²) in [7, 11) is 0. The second-order valence-electron chi connectivity index (χ2n) is 5.87. The maximum atomic E-state index is 12.3. The van der Waals surface area contributed by atoms with E-state index in [9.17, 15) is 4.79 Å². The van der Waals surface area contributed by atoms with Crippen LogP contribution in [0.25, 0.3) is 0 Å². The summed E-state index contributed by atoms with van der Waals surface area (Å²) in [5, 5.41) is 7.38. The third kappa shape index (κ3) is 4.06. The summed E-state index contributed by atoms with van der Waals surface area (Å²) in [6, 6.07) is 0.132. The van der Waals surface area contributed by atoms with Gasteiger partial charge in [-0.1, -0.05) is 24.9 Å². The number of carbonyl (C=O) groups excluding carboxylic acids is 1. The van der Waals surface area contributed by atoms with E-state index < -0.39 is 0 Å². The minimum Gasteiger partial charge on any atom is -0.361 e. The Labute approximate surface area is 127 Å². The van der Waals surface area contributed by atoms with Gasteiger partial charge in [0.1, 0.15) is 5.76 Å². The summed E-state index contributed by atoms with van der Waals surface area (Å²) in [5.74, 6) is 1.05. The maximum Gasteiger partial charge on any atom is 0.236 e. The van der Waals surface area contributed by atoms with Crippen LogP contribution in [0.15, 0.2) is 4.52 Å². The molecule has 2 heterocycles. The van der Waals surface area contributed by atoms with Crippen molar-refractivity contribution < 1.29 is 9.32 Å². The highest BCUT2D eigenvalue weighted by atomic mass is 16.5. The summed E-state index contributed by atoms with van der Waals surface area (Å²) in [6.45, 7) is 8.19. The van der Waals surface area contributed by atoms with Crippen molar-refractivity contribution in [2.75, 3.05) is 19.6 Å². The lowest BCUT2D eigenvalue weighted by Crippen LogP contribution is -2.39. The van der Waals surface area contributed by atoms with E-state index in [1.54, 1.807) is 0 Å². The Bertz CT molecular complexity index is 443. The molecule has 0 unspecified atom stereocenters. The Kier molecular flexibility index (Phi) is 5.79. The minimum atomic E-state index is 0.132. The molecule has 118 valence electrons. The fourth-order valence-corrected chi connectivity index (χ4v) is 3.08. The van der Waals surface area contributed by atoms with Crippen LogP contribution in [0.5, 0.6) is 0 Å². The van der Waals surface area contributed by atoms with Gasteiger partial charge in [-0.2, -0.15) is 0 Å². The van der Waals surface area contributed by atoms with Gasteiger partial charge in [-0.05, 0) is 33.1 Å². The van der Waals surface area contributed by atoms with Gasteiger partial charge in [-0.3, -0.25) is 4.79 Å². The Morgan fingerprint density at radius 1 is 1.29 bits per heavy atom. The highest BCUT2D eigenvalue weighted by molar-refractivity contribution is 5.78. The molecule has 1 aliphatic rings. The summed E-state index contributed by atoms with van der Waals surface area (Å²) < 4.78 is 5.23. The lowest BCUT2D eigenvalue weighted by molar-refractivity contribution is -0.130. The highest BCUT2D eigenvalue weighted by Crippen LogP contribution is 2.23. The van der Waals surface area contributed by atoms with Crippen LogP contribution in [0.4, 0.5) is 0 Å². The highest BCUT2D eigenvalue weighted by Gasteiger charge is 2.21. The predicted octanol–water partition coefficient (Wildman–Crippen LogP) is 2.73. The zero-order valence-corrected chi connectivity index (χ0v) is 13.4. The van der Waals surface area contributed by atoms with Gasteiger partial charge in [0, 0.05) is 24.7 Å². The van der Waals surface area contributed by atoms with E-state index >= 15 is 0 Å². The van der Waals surface area contributed by atoms with Crippen LogP contribution in [-0.4, -0.2) is 35.6 Å². The van der Waals surface area contributed by atoms with Gasteiger partial charge >= 0.3 is 0 Å². The Balaban J connectivity index is 1.92. The first-order chi connectivity index (χ1) is 10.1. The fraction of sp³-hybridized carbons (Fsp3) is 0.750. The van der Waals surface area contributed by atoms with Crippen molar-refractivity contribution in [3.63, 3.8) is 0 Å². The number of nitrogens with one attached hydrogen (secondary N) is 1. The van der Waals surface area contributed by atoms with Crippen LogP contribution >= 0.6 is 0 Å². The topological polar surface area (TPSA) is 58.4 Å². The SMILES string of the molecule is CC[C@H](NCC(=O)N1CCCCCC1)c1c(C)noc1C.